The van der Waals surface area contributed by atoms with Gasteiger partial charge in [-0.05, 0) is 41.5 Å². The van der Waals surface area contributed by atoms with Crippen LogP contribution in [-0.2, 0) is 0 Å². The SMILES string of the molecule is NCCOc1cc(-c2cc(Cl)cc(Cl)c2)ccc1OC(F)(F)F. The van der Waals surface area contributed by atoms with Gasteiger partial charge in [-0.15, -0.1) is 13.2 Å². The number of hydrogen-bond acceptors (Lipinski definition) is 3. The molecule has 0 aromatic heterocycles. The average molecular weight is 366 g/mol. The van der Waals surface area contributed by atoms with Gasteiger partial charge in [-0.3, -0.25) is 0 Å². The van der Waals surface area contributed by atoms with Crippen LogP contribution in [0.3, 0.4) is 0 Å². The molecule has 0 fully saturated rings. The van der Waals surface area contributed by atoms with E-state index in [0.717, 1.165) is 0 Å². The maximum Gasteiger partial charge on any atom is 0.573 e. The molecular weight excluding hydrogens is 354 g/mol. The molecule has 0 aliphatic carbocycles. The molecule has 2 N–H and O–H groups in total. The number of halogens is 5. The lowest BCUT2D eigenvalue weighted by molar-refractivity contribution is -0.275. The topological polar surface area (TPSA) is 44.5 Å². The van der Waals surface area contributed by atoms with Crippen LogP contribution in [0.1, 0.15) is 0 Å². The lowest BCUT2D eigenvalue weighted by atomic mass is 10.1. The van der Waals surface area contributed by atoms with Gasteiger partial charge in [0.1, 0.15) is 6.61 Å². The summed E-state index contributed by atoms with van der Waals surface area (Å²) in [5, 5.41) is 0.820. The van der Waals surface area contributed by atoms with Crippen molar-refractivity contribution in [3.05, 3.63) is 46.4 Å². The maximum absolute atomic E-state index is 12.4. The summed E-state index contributed by atoms with van der Waals surface area (Å²) in [7, 11) is 0. The molecule has 0 aliphatic rings. The molecule has 23 heavy (non-hydrogen) atoms. The van der Waals surface area contributed by atoms with Gasteiger partial charge in [0.2, 0.25) is 0 Å². The normalized spacial score (nSPS) is 11.4. The van der Waals surface area contributed by atoms with Crippen molar-refractivity contribution in [2.24, 2.45) is 5.73 Å². The smallest absolute Gasteiger partial charge is 0.488 e. The van der Waals surface area contributed by atoms with Crippen molar-refractivity contribution in [1.29, 1.82) is 0 Å². The fourth-order valence-electron chi connectivity index (χ4n) is 1.90. The highest BCUT2D eigenvalue weighted by Crippen LogP contribution is 2.37. The zero-order chi connectivity index (χ0) is 17.0. The molecule has 124 valence electrons. The number of nitrogens with two attached hydrogens (primary N) is 1. The third-order valence-corrected chi connectivity index (χ3v) is 3.18. The van der Waals surface area contributed by atoms with Crippen molar-refractivity contribution in [2.75, 3.05) is 13.2 Å². The lowest BCUT2D eigenvalue weighted by Gasteiger charge is -2.15. The third-order valence-electron chi connectivity index (χ3n) is 2.74. The molecule has 3 nitrogen and oxygen atoms in total. The molecule has 0 spiro atoms. The zero-order valence-corrected chi connectivity index (χ0v) is 13.2. The minimum Gasteiger partial charge on any atom is -0.488 e. The van der Waals surface area contributed by atoms with Crippen molar-refractivity contribution in [3.8, 4) is 22.6 Å². The predicted octanol–water partition coefficient (Wildman–Crippen LogP) is 4.90. The van der Waals surface area contributed by atoms with Gasteiger partial charge in [0.25, 0.3) is 0 Å². The second kappa shape index (κ2) is 7.29. The number of ether oxygens (including phenoxy) is 2. The molecule has 2 aromatic carbocycles. The Bertz CT molecular complexity index is 673. The van der Waals surface area contributed by atoms with E-state index in [2.05, 4.69) is 4.74 Å². The first-order valence-electron chi connectivity index (χ1n) is 6.47. The molecule has 2 rings (SSSR count). The zero-order valence-electron chi connectivity index (χ0n) is 11.7. The van der Waals surface area contributed by atoms with E-state index in [9.17, 15) is 13.2 Å². The second-order valence-electron chi connectivity index (χ2n) is 4.50. The van der Waals surface area contributed by atoms with E-state index in [1.54, 1.807) is 18.2 Å². The first kappa shape index (κ1) is 17.7. The summed E-state index contributed by atoms with van der Waals surface area (Å²) >= 11 is 11.9. The van der Waals surface area contributed by atoms with Crippen molar-refractivity contribution in [3.63, 3.8) is 0 Å². The van der Waals surface area contributed by atoms with Gasteiger partial charge in [0, 0.05) is 16.6 Å². The number of benzene rings is 2. The van der Waals surface area contributed by atoms with Crippen molar-refractivity contribution in [1.82, 2.24) is 0 Å². The highest BCUT2D eigenvalue weighted by Gasteiger charge is 2.32. The van der Waals surface area contributed by atoms with Crippen LogP contribution in [0.5, 0.6) is 11.5 Å². The van der Waals surface area contributed by atoms with Crippen LogP contribution < -0.4 is 15.2 Å². The average Bonchev–Trinajstić information content (AvgIpc) is 2.43. The quantitative estimate of drug-likeness (QED) is 0.819. The lowest BCUT2D eigenvalue weighted by Crippen LogP contribution is -2.18. The molecule has 0 saturated heterocycles. The molecule has 0 heterocycles. The standard InChI is InChI=1S/C15H12Cl2F3NO2/c16-11-5-10(6-12(17)8-11)9-1-2-13(23-15(18,19)20)14(7-9)22-4-3-21/h1-2,5-8H,3-4,21H2. The molecule has 8 heteroatoms. The van der Waals surface area contributed by atoms with Gasteiger partial charge in [-0.1, -0.05) is 29.3 Å². The Kier molecular flexibility index (Phi) is 5.62. The third kappa shape index (κ3) is 5.20. The van der Waals surface area contributed by atoms with Gasteiger partial charge in [-0.2, -0.15) is 0 Å². The van der Waals surface area contributed by atoms with Gasteiger partial charge in [-0.25, -0.2) is 0 Å². The Morgan fingerprint density at radius 1 is 0.913 bits per heavy atom. The van der Waals surface area contributed by atoms with E-state index in [-0.39, 0.29) is 18.9 Å². The van der Waals surface area contributed by atoms with Crippen molar-refractivity contribution < 1.29 is 22.6 Å². The largest absolute Gasteiger partial charge is 0.573 e. The van der Waals surface area contributed by atoms with E-state index in [4.69, 9.17) is 33.7 Å². The summed E-state index contributed by atoms with van der Waals surface area (Å²) in [6.07, 6.45) is -4.82. The highest BCUT2D eigenvalue weighted by molar-refractivity contribution is 6.35. The van der Waals surface area contributed by atoms with E-state index in [1.807, 2.05) is 0 Å². The van der Waals surface area contributed by atoms with Gasteiger partial charge in [0.15, 0.2) is 11.5 Å². The first-order valence-corrected chi connectivity index (χ1v) is 7.23. The van der Waals surface area contributed by atoms with E-state index < -0.39 is 12.1 Å². The highest BCUT2D eigenvalue weighted by atomic mass is 35.5. The molecule has 0 amide bonds. The Morgan fingerprint density at radius 3 is 2.13 bits per heavy atom. The van der Waals surface area contributed by atoms with E-state index >= 15 is 0 Å². The Balaban J connectivity index is 2.42. The summed E-state index contributed by atoms with van der Waals surface area (Å²) in [6, 6.07) is 8.87. The number of rotatable bonds is 5. The van der Waals surface area contributed by atoms with Crippen LogP contribution in [0, 0.1) is 0 Å². The minimum atomic E-state index is -4.82. The van der Waals surface area contributed by atoms with Crippen LogP contribution >= 0.6 is 23.2 Å². The molecule has 0 radical (unpaired) electrons. The van der Waals surface area contributed by atoms with Crippen molar-refractivity contribution in [2.45, 2.75) is 6.36 Å². The molecule has 0 saturated carbocycles. The summed E-state index contributed by atoms with van der Waals surface area (Å²) in [5.41, 5.74) is 6.54. The Morgan fingerprint density at radius 2 is 1.57 bits per heavy atom. The molecule has 0 aliphatic heterocycles. The fourth-order valence-corrected chi connectivity index (χ4v) is 2.42. The molecular formula is C15H12Cl2F3NO2. The maximum atomic E-state index is 12.4. The fraction of sp³-hybridized carbons (Fsp3) is 0.200. The van der Waals surface area contributed by atoms with Gasteiger partial charge < -0.3 is 15.2 Å². The number of hydrogen-bond donors (Lipinski definition) is 1. The van der Waals surface area contributed by atoms with Gasteiger partial charge in [0.05, 0.1) is 0 Å². The van der Waals surface area contributed by atoms with Crippen LogP contribution in [0.15, 0.2) is 36.4 Å². The monoisotopic (exact) mass is 365 g/mol. The van der Waals surface area contributed by atoms with Crippen molar-refractivity contribution >= 4 is 23.2 Å². The molecule has 0 atom stereocenters. The Hall–Kier alpha value is -1.63. The first-order chi connectivity index (χ1) is 10.8. The summed E-state index contributed by atoms with van der Waals surface area (Å²) in [5.74, 6) is -0.510. The van der Waals surface area contributed by atoms with Gasteiger partial charge >= 0.3 is 6.36 Å². The van der Waals surface area contributed by atoms with Crippen LogP contribution in [-0.4, -0.2) is 19.5 Å². The summed E-state index contributed by atoms with van der Waals surface area (Å²) < 4.78 is 46.5. The van der Waals surface area contributed by atoms with Crippen LogP contribution in [0.25, 0.3) is 11.1 Å². The van der Waals surface area contributed by atoms with E-state index in [1.165, 1.54) is 18.2 Å². The summed E-state index contributed by atoms with van der Waals surface area (Å²) in [4.78, 5) is 0. The van der Waals surface area contributed by atoms with Crippen LogP contribution in [0.4, 0.5) is 13.2 Å². The molecule has 0 bridgehead atoms. The molecule has 2 aromatic rings. The second-order valence-corrected chi connectivity index (χ2v) is 5.38. The van der Waals surface area contributed by atoms with E-state index in [0.29, 0.717) is 21.2 Å². The Labute approximate surface area is 140 Å². The van der Waals surface area contributed by atoms with Crippen LogP contribution in [0.2, 0.25) is 10.0 Å². The molecule has 0 unspecified atom stereocenters. The number of alkyl halides is 3. The summed E-state index contributed by atoms with van der Waals surface area (Å²) in [6.45, 7) is 0.201. The minimum absolute atomic E-state index is 0.0496. The predicted molar refractivity (Wildman–Crippen MR) is 83.1 cm³/mol.